The van der Waals surface area contributed by atoms with Crippen LogP contribution in [0.1, 0.15) is 15.9 Å². The van der Waals surface area contributed by atoms with E-state index in [0.29, 0.717) is 29.4 Å². The fraction of sp³-hybridized carbons (Fsp3) is 0.174. The van der Waals surface area contributed by atoms with E-state index in [0.717, 1.165) is 11.3 Å². The molecule has 0 spiro atoms. The van der Waals surface area contributed by atoms with Crippen LogP contribution in [0.4, 0.5) is 0 Å². The summed E-state index contributed by atoms with van der Waals surface area (Å²) in [5, 5.41) is 0. The molecule has 0 N–H and O–H groups in total. The summed E-state index contributed by atoms with van der Waals surface area (Å²) in [4.78, 5) is 14.5. The number of hydrogen-bond donors (Lipinski definition) is 0. The third kappa shape index (κ3) is 4.43. The Hall–Kier alpha value is -3.47. The number of carbonyl (C=O) groups excluding carboxylic acids is 1. The molecule has 0 aromatic heterocycles. The molecule has 0 bridgehead atoms. The largest absolute Gasteiger partial charge is 0.493 e. The van der Waals surface area contributed by atoms with Crippen molar-refractivity contribution in [1.82, 2.24) is 4.90 Å². The number of rotatable bonds is 7. The van der Waals surface area contributed by atoms with E-state index in [1.807, 2.05) is 60.7 Å². The van der Waals surface area contributed by atoms with Crippen molar-refractivity contribution in [3.63, 3.8) is 0 Å². The summed E-state index contributed by atoms with van der Waals surface area (Å²) < 4.78 is 16.6. The average Bonchev–Trinajstić information content (AvgIpc) is 2.73. The second-order valence-electron chi connectivity index (χ2n) is 6.26. The van der Waals surface area contributed by atoms with Gasteiger partial charge in [-0.2, -0.15) is 0 Å². The van der Waals surface area contributed by atoms with Gasteiger partial charge in [0.25, 0.3) is 5.91 Å². The summed E-state index contributed by atoms with van der Waals surface area (Å²) in [6, 6.07) is 22.3. The molecule has 144 valence electrons. The van der Waals surface area contributed by atoms with Crippen molar-refractivity contribution >= 4 is 5.91 Å². The van der Waals surface area contributed by atoms with Crippen LogP contribution in [-0.4, -0.2) is 32.1 Å². The van der Waals surface area contributed by atoms with Gasteiger partial charge >= 0.3 is 0 Å². The van der Waals surface area contributed by atoms with E-state index in [9.17, 15) is 4.79 Å². The van der Waals surface area contributed by atoms with Crippen LogP contribution in [-0.2, 0) is 6.54 Å². The van der Waals surface area contributed by atoms with Crippen molar-refractivity contribution < 1.29 is 19.0 Å². The predicted molar refractivity (Wildman–Crippen MR) is 108 cm³/mol. The van der Waals surface area contributed by atoms with Gasteiger partial charge in [0.15, 0.2) is 11.5 Å². The number of amides is 1. The third-order valence-electron chi connectivity index (χ3n) is 4.30. The van der Waals surface area contributed by atoms with E-state index in [1.165, 1.54) is 0 Å². The Morgan fingerprint density at radius 3 is 2.29 bits per heavy atom. The van der Waals surface area contributed by atoms with Gasteiger partial charge in [0, 0.05) is 24.7 Å². The van der Waals surface area contributed by atoms with E-state index in [-0.39, 0.29) is 5.91 Å². The standard InChI is InChI=1S/C23H23NO4/c1-24(16-18-10-8-14-21(26-2)22(18)27-3)23(25)17-9-7-13-20(15-17)28-19-11-5-4-6-12-19/h4-15H,16H2,1-3H3. The van der Waals surface area contributed by atoms with Crippen molar-refractivity contribution in [1.29, 1.82) is 0 Å². The first kappa shape index (κ1) is 19.3. The molecule has 0 aliphatic carbocycles. The summed E-state index contributed by atoms with van der Waals surface area (Å²) >= 11 is 0. The summed E-state index contributed by atoms with van der Waals surface area (Å²) in [6.45, 7) is 0.392. The molecular weight excluding hydrogens is 354 g/mol. The first-order chi connectivity index (χ1) is 13.6. The Morgan fingerprint density at radius 2 is 1.57 bits per heavy atom. The molecule has 0 fully saturated rings. The Kier molecular flexibility index (Phi) is 6.17. The van der Waals surface area contributed by atoms with E-state index in [1.54, 1.807) is 38.3 Å². The topological polar surface area (TPSA) is 48.0 Å². The van der Waals surface area contributed by atoms with Gasteiger partial charge in [-0.3, -0.25) is 4.79 Å². The van der Waals surface area contributed by atoms with Crippen LogP contribution in [0.15, 0.2) is 72.8 Å². The van der Waals surface area contributed by atoms with Crippen molar-refractivity contribution in [2.24, 2.45) is 0 Å². The van der Waals surface area contributed by atoms with Gasteiger partial charge in [-0.05, 0) is 36.4 Å². The molecule has 3 aromatic rings. The fourth-order valence-electron chi connectivity index (χ4n) is 2.94. The van der Waals surface area contributed by atoms with Gasteiger partial charge in [-0.1, -0.05) is 36.4 Å². The highest BCUT2D eigenvalue weighted by Crippen LogP contribution is 2.31. The van der Waals surface area contributed by atoms with Crippen LogP contribution in [0.3, 0.4) is 0 Å². The maximum absolute atomic E-state index is 12.9. The van der Waals surface area contributed by atoms with E-state index in [4.69, 9.17) is 14.2 Å². The maximum Gasteiger partial charge on any atom is 0.254 e. The lowest BCUT2D eigenvalue weighted by Crippen LogP contribution is -2.26. The van der Waals surface area contributed by atoms with Crippen molar-refractivity contribution in [3.05, 3.63) is 83.9 Å². The minimum Gasteiger partial charge on any atom is -0.493 e. The van der Waals surface area contributed by atoms with Gasteiger partial charge in [0.05, 0.1) is 14.2 Å². The normalized spacial score (nSPS) is 10.2. The van der Waals surface area contributed by atoms with Crippen molar-refractivity contribution in [2.45, 2.75) is 6.54 Å². The molecule has 0 saturated carbocycles. The fourth-order valence-corrected chi connectivity index (χ4v) is 2.94. The number of ether oxygens (including phenoxy) is 3. The SMILES string of the molecule is COc1cccc(CN(C)C(=O)c2cccc(Oc3ccccc3)c2)c1OC. The van der Waals surface area contributed by atoms with E-state index < -0.39 is 0 Å². The highest BCUT2D eigenvalue weighted by Gasteiger charge is 2.17. The molecule has 0 radical (unpaired) electrons. The first-order valence-electron chi connectivity index (χ1n) is 8.90. The van der Waals surface area contributed by atoms with Gasteiger partial charge < -0.3 is 19.1 Å². The molecule has 0 unspecified atom stereocenters. The number of nitrogens with zero attached hydrogens (tertiary/aromatic N) is 1. The molecule has 5 nitrogen and oxygen atoms in total. The molecular formula is C23H23NO4. The zero-order valence-electron chi connectivity index (χ0n) is 16.2. The van der Waals surface area contributed by atoms with Gasteiger partial charge in [0.1, 0.15) is 11.5 Å². The Bertz CT molecular complexity index is 940. The second kappa shape index (κ2) is 8.95. The third-order valence-corrected chi connectivity index (χ3v) is 4.30. The van der Waals surface area contributed by atoms with Gasteiger partial charge in [0.2, 0.25) is 0 Å². The highest BCUT2D eigenvalue weighted by molar-refractivity contribution is 5.94. The number of hydrogen-bond acceptors (Lipinski definition) is 4. The number of benzene rings is 3. The van der Waals surface area contributed by atoms with Crippen LogP contribution >= 0.6 is 0 Å². The molecule has 0 saturated heterocycles. The van der Waals surface area contributed by atoms with Crippen LogP contribution in [0.25, 0.3) is 0 Å². The molecule has 0 aliphatic heterocycles. The summed E-state index contributed by atoms with van der Waals surface area (Å²) in [5.74, 6) is 2.50. The minimum atomic E-state index is -0.108. The summed E-state index contributed by atoms with van der Waals surface area (Å²) in [7, 11) is 4.94. The van der Waals surface area contributed by atoms with Crippen LogP contribution in [0, 0.1) is 0 Å². The lowest BCUT2D eigenvalue weighted by atomic mass is 10.1. The molecule has 0 atom stereocenters. The van der Waals surface area contributed by atoms with Crippen LogP contribution in [0.5, 0.6) is 23.0 Å². The number of carbonyl (C=O) groups is 1. The predicted octanol–water partition coefficient (Wildman–Crippen LogP) is 4.77. The second-order valence-corrected chi connectivity index (χ2v) is 6.26. The number of methoxy groups -OCH3 is 2. The average molecular weight is 377 g/mol. The highest BCUT2D eigenvalue weighted by atomic mass is 16.5. The Morgan fingerprint density at radius 1 is 0.857 bits per heavy atom. The molecule has 3 aromatic carbocycles. The zero-order chi connectivity index (χ0) is 19.9. The van der Waals surface area contributed by atoms with Crippen LogP contribution in [0.2, 0.25) is 0 Å². The monoisotopic (exact) mass is 377 g/mol. The zero-order valence-corrected chi connectivity index (χ0v) is 16.2. The minimum absolute atomic E-state index is 0.108. The van der Waals surface area contributed by atoms with Crippen molar-refractivity contribution in [2.75, 3.05) is 21.3 Å². The van der Waals surface area contributed by atoms with Crippen molar-refractivity contribution in [3.8, 4) is 23.0 Å². The molecule has 5 heteroatoms. The lowest BCUT2D eigenvalue weighted by molar-refractivity contribution is 0.0783. The molecule has 28 heavy (non-hydrogen) atoms. The molecule has 1 amide bonds. The molecule has 3 rings (SSSR count). The van der Waals surface area contributed by atoms with E-state index >= 15 is 0 Å². The summed E-state index contributed by atoms with van der Waals surface area (Å²) in [5.41, 5.74) is 1.42. The quantitative estimate of drug-likeness (QED) is 0.595. The van der Waals surface area contributed by atoms with Gasteiger partial charge in [-0.15, -0.1) is 0 Å². The lowest BCUT2D eigenvalue weighted by Gasteiger charge is -2.20. The van der Waals surface area contributed by atoms with E-state index in [2.05, 4.69) is 0 Å². The Labute approximate surface area is 165 Å². The molecule has 0 aliphatic rings. The first-order valence-corrected chi connectivity index (χ1v) is 8.90. The van der Waals surface area contributed by atoms with Gasteiger partial charge in [-0.25, -0.2) is 0 Å². The smallest absolute Gasteiger partial charge is 0.254 e. The number of para-hydroxylation sites is 2. The maximum atomic E-state index is 12.9. The summed E-state index contributed by atoms with van der Waals surface area (Å²) in [6.07, 6.45) is 0. The molecule has 0 heterocycles. The van der Waals surface area contributed by atoms with Crippen LogP contribution < -0.4 is 14.2 Å². The Balaban J connectivity index is 1.76.